The van der Waals surface area contributed by atoms with Gasteiger partial charge in [-0.2, -0.15) is 0 Å². The summed E-state index contributed by atoms with van der Waals surface area (Å²) in [7, 11) is 0. The zero-order chi connectivity index (χ0) is 22.9. The van der Waals surface area contributed by atoms with E-state index >= 15 is 0 Å². The van der Waals surface area contributed by atoms with E-state index < -0.39 is 0 Å². The predicted octanol–water partition coefficient (Wildman–Crippen LogP) is 7.47. The van der Waals surface area contributed by atoms with Crippen LogP contribution in [0.2, 0.25) is 0 Å². The first-order chi connectivity index (χ1) is 15.1. The first kappa shape index (κ1) is 21.9. The van der Waals surface area contributed by atoms with Crippen LogP contribution in [0.25, 0.3) is 34.2 Å². The molecule has 0 radical (unpaired) electrons. The van der Waals surface area contributed by atoms with E-state index in [0.29, 0.717) is 11.6 Å². The average Bonchev–Trinajstić information content (AvgIpc) is 2.78. The Morgan fingerprint density at radius 3 is 1.19 bits per heavy atom. The van der Waals surface area contributed by atoms with Crippen LogP contribution in [0.4, 0.5) is 0 Å². The van der Waals surface area contributed by atoms with Crippen molar-refractivity contribution < 1.29 is 0 Å². The summed E-state index contributed by atoms with van der Waals surface area (Å²) in [5.41, 5.74) is 5.47. The quantitative estimate of drug-likeness (QED) is 0.344. The van der Waals surface area contributed by atoms with Gasteiger partial charge in [0.2, 0.25) is 0 Å². The zero-order valence-electron chi connectivity index (χ0n) is 19.8. The van der Waals surface area contributed by atoms with Crippen molar-refractivity contribution in [3.05, 3.63) is 90.0 Å². The molecule has 0 aliphatic rings. The lowest BCUT2D eigenvalue weighted by molar-refractivity contribution is 0.570. The molecule has 3 heteroatoms. The Morgan fingerprint density at radius 2 is 0.812 bits per heavy atom. The van der Waals surface area contributed by atoms with E-state index in [9.17, 15) is 0 Å². The molecular weight excluding hydrogens is 390 g/mol. The van der Waals surface area contributed by atoms with Crippen molar-refractivity contribution in [2.24, 2.45) is 0 Å². The second-order valence-electron chi connectivity index (χ2n) is 10.3. The maximum Gasteiger partial charge on any atom is 0.164 e. The van der Waals surface area contributed by atoms with Crippen molar-refractivity contribution >= 4 is 0 Å². The molecule has 0 spiro atoms. The van der Waals surface area contributed by atoms with Gasteiger partial charge >= 0.3 is 0 Å². The van der Waals surface area contributed by atoms with E-state index in [2.05, 4.69) is 59.7 Å². The van der Waals surface area contributed by atoms with Crippen molar-refractivity contribution in [1.29, 1.82) is 0 Å². The summed E-state index contributed by atoms with van der Waals surface area (Å²) >= 11 is 0. The highest BCUT2D eigenvalue weighted by Crippen LogP contribution is 2.40. The summed E-state index contributed by atoms with van der Waals surface area (Å²) < 4.78 is 0. The highest BCUT2D eigenvalue weighted by molar-refractivity contribution is 5.72. The van der Waals surface area contributed by atoms with Crippen LogP contribution in [0.15, 0.2) is 78.9 Å². The average molecular weight is 422 g/mol. The Hall–Kier alpha value is -3.33. The fourth-order valence-electron chi connectivity index (χ4n) is 3.96. The van der Waals surface area contributed by atoms with Gasteiger partial charge in [0, 0.05) is 16.7 Å². The van der Waals surface area contributed by atoms with Gasteiger partial charge in [0.25, 0.3) is 0 Å². The van der Waals surface area contributed by atoms with Crippen LogP contribution in [0, 0.1) is 0 Å². The SMILES string of the molecule is CC(C)(C)c1cccc(C(C)(C)C)c1-c1nc(-c2ccccc2)nc(-c2ccccc2)n1. The minimum absolute atomic E-state index is 0.0525. The number of benzene rings is 3. The molecule has 3 aromatic carbocycles. The molecular formula is C29H31N3. The molecule has 0 saturated carbocycles. The lowest BCUT2D eigenvalue weighted by Gasteiger charge is -2.29. The van der Waals surface area contributed by atoms with Crippen molar-refractivity contribution in [2.45, 2.75) is 52.4 Å². The van der Waals surface area contributed by atoms with E-state index in [1.54, 1.807) is 0 Å². The van der Waals surface area contributed by atoms with E-state index in [1.165, 1.54) is 11.1 Å². The van der Waals surface area contributed by atoms with Crippen LogP contribution in [0.5, 0.6) is 0 Å². The first-order valence-electron chi connectivity index (χ1n) is 11.2. The van der Waals surface area contributed by atoms with Gasteiger partial charge in [-0.25, -0.2) is 15.0 Å². The van der Waals surface area contributed by atoms with Gasteiger partial charge in [-0.1, -0.05) is 120 Å². The van der Waals surface area contributed by atoms with Crippen molar-refractivity contribution in [2.75, 3.05) is 0 Å². The van der Waals surface area contributed by atoms with E-state index in [4.69, 9.17) is 15.0 Å². The largest absolute Gasteiger partial charge is 0.208 e. The van der Waals surface area contributed by atoms with Gasteiger partial charge in [0.15, 0.2) is 17.5 Å². The maximum absolute atomic E-state index is 5.03. The van der Waals surface area contributed by atoms with Crippen molar-refractivity contribution in [3.63, 3.8) is 0 Å². The Morgan fingerprint density at radius 1 is 0.438 bits per heavy atom. The number of aromatic nitrogens is 3. The third-order valence-electron chi connectivity index (χ3n) is 5.60. The smallest absolute Gasteiger partial charge is 0.164 e. The molecule has 0 aliphatic heterocycles. The molecule has 0 saturated heterocycles. The topological polar surface area (TPSA) is 38.7 Å². The molecule has 4 aromatic rings. The second-order valence-corrected chi connectivity index (χ2v) is 10.3. The van der Waals surface area contributed by atoms with E-state index in [1.807, 2.05) is 60.7 Å². The Kier molecular flexibility index (Phi) is 5.68. The number of rotatable bonds is 3. The number of hydrogen-bond donors (Lipinski definition) is 0. The predicted molar refractivity (Wildman–Crippen MR) is 134 cm³/mol. The molecule has 3 nitrogen and oxygen atoms in total. The fourth-order valence-corrected chi connectivity index (χ4v) is 3.96. The van der Waals surface area contributed by atoms with E-state index in [0.717, 1.165) is 22.5 Å². The molecule has 0 fully saturated rings. The van der Waals surface area contributed by atoms with Gasteiger partial charge in [-0.3, -0.25) is 0 Å². The van der Waals surface area contributed by atoms with Gasteiger partial charge < -0.3 is 0 Å². The molecule has 0 unspecified atom stereocenters. The van der Waals surface area contributed by atoms with Crippen LogP contribution < -0.4 is 0 Å². The van der Waals surface area contributed by atoms with Crippen molar-refractivity contribution in [1.82, 2.24) is 15.0 Å². The summed E-state index contributed by atoms with van der Waals surface area (Å²) in [6, 6.07) is 26.9. The molecule has 1 aromatic heterocycles. The van der Waals surface area contributed by atoms with Gasteiger partial charge in [-0.15, -0.1) is 0 Å². The number of hydrogen-bond acceptors (Lipinski definition) is 3. The normalized spacial score (nSPS) is 12.1. The third kappa shape index (κ3) is 4.47. The summed E-state index contributed by atoms with van der Waals surface area (Å²) in [5, 5.41) is 0. The number of nitrogens with zero attached hydrogens (tertiary/aromatic N) is 3. The molecule has 0 aliphatic carbocycles. The Balaban J connectivity index is 2.07. The monoisotopic (exact) mass is 421 g/mol. The summed E-state index contributed by atoms with van der Waals surface area (Å²) in [6.45, 7) is 13.5. The fraction of sp³-hybridized carbons (Fsp3) is 0.276. The standard InChI is InChI=1S/C29H31N3/c1-28(2,3)22-18-13-19-23(29(4,5)6)24(22)27-31-25(20-14-9-7-10-15-20)30-26(32-27)21-16-11-8-12-17-21/h7-19H,1-6H3. The zero-order valence-corrected chi connectivity index (χ0v) is 19.8. The van der Waals surface area contributed by atoms with E-state index in [-0.39, 0.29) is 10.8 Å². The molecule has 162 valence electrons. The Labute approximate surface area is 191 Å². The Bertz CT molecular complexity index is 1120. The maximum atomic E-state index is 5.03. The second kappa shape index (κ2) is 8.31. The summed E-state index contributed by atoms with van der Waals surface area (Å²) in [4.78, 5) is 14.9. The molecule has 0 bridgehead atoms. The highest BCUT2D eigenvalue weighted by Gasteiger charge is 2.28. The summed E-state index contributed by atoms with van der Waals surface area (Å²) in [6.07, 6.45) is 0. The van der Waals surface area contributed by atoms with Crippen LogP contribution in [-0.4, -0.2) is 15.0 Å². The molecule has 0 N–H and O–H groups in total. The summed E-state index contributed by atoms with van der Waals surface area (Å²) in [5.74, 6) is 2.12. The van der Waals surface area contributed by atoms with Gasteiger partial charge in [-0.05, 0) is 22.0 Å². The molecule has 4 rings (SSSR count). The highest BCUT2D eigenvalue weighted by atomic mass is 15.0. The van der Waals surface area contributed by atoms with Crippen LogP contribution >= 0.6 is 0 Å². The van der Waals surface area contributed by atoms with Crippen LogP contribution in [-0.2, 0) is 10.8 Å². The van der Waals surface area contributed by atoms with Gasteiger partial charge in [0.05, 0.1) is 0 Å². The third-order valence-corrected chi connectivity index (χ3v) is 5.60. The van der Waals surface area contributed by atoms with Gasteiger partial charge in [0.1, 0.15) is 0 Å². The lowest BCUT2D eigenvalue weighted by Crippen LogP contribution is -2.20. The minimum Gasteiger partial charge on any atom is -0.208 e. The minimum atomic E-state index is -0.0525. The molecule has 1 heterocycles. The molecule has 0 atom stereocenters. The lowest BCUT2D eigenvalue weighted by atomic mass is 9.76. The van der Waals surface area contributed by atoms with Crippen molar-refractivity contribution in [3.8, 4) is 34.2 Å². The molecule has 0 amide bonds. The van der Waals surface area contributed by atoms with Crippen LogP contribution in [0.3, 0.4) is 0 Å². The van der Waals surface area contributed by atoms with Crippen LogP contribution in [0.1, 0.15) is 52.7 Å². The first-order valence-corrected chi connectivity index (χ1v) is 11.2. The molecule has 32 heavy (non-hydrogen) atoms.